The topological polar surface area (TPSA) is 46.5 Å². The number of hydrogen-bond donors (Lipinski definition) is 1. The Kier molecular flexibility index (Phi) is 5.72. The largest absolute Gasteiger partial charge is 0.469 e. The molecule has 0 spiro atoms. The van der Waals surface area contributed by atoms with Crippen molar-refractivity contribution in [2.75, 3.05) is 7.11 Å². The van der Waals surface area contributed by atoms with Crippen molar-refractivity contribution in [3.05, 3.63) is 0 Å². The van der Waals surface area contributed by atoms with Gasteiger partial charge in [0.25, 0.3) is 0 Å². The molecule has 0 amide bonds. The van der Waals surface area contributed by atoms with Gasteiger partial charge in [-0.15, -0.1) is 0 Å². The van der Waals surface area contributed by atoms with Gasteiger partial charge in [-0.2, -0.15) is 0 Å². The molecule has 0 aliphatic heterocycles. The number of carbonyl (C=O) groups is 1. The monoisotopic (exact) mass is 174 g/mol. The maximum atomic E-state index is 10.8. The Morgan fingerprint density at radius 2 is 2.00 bits per heavy atom. The number of esters is 1. The first-order valence-electron chi connectivity index (χ1n) is 4.31. The Balaban J connectivity index is 3.45. The van der Waals surface area contributed by atoms with Gasteiger partial charge in [0.2, 0.25) is 0 Å². The minimum absolute atomic E-state index is 0.173. The molecule has 0 aromatic heterocycles. The highest BCUT2D eigenvalue weighted by Crippen LogP contribution is 2.12. The molecule has 0 aliphatic rings. The summed E-state index contributed by atoms with van der Waals surface area (Å²) in [6, 6.07) is 0. The lowest BCUT2D eigenvalue weighted by Gasteiger charge is -2.10. The van der Waals surface area contributed by atoms with Crippen LogP contribution in [-0.2, 0) is 9.53 Å². The molecule has 3 heteroatoms. The molecule has 0 aromatic carbocycles. The molecular weight excluding hydrogens is 156 g/mol. The fourth-order valence-electron chi connectivity index (χ4n) is 0.996. The molecular formula is C9H18O3. The van der Waals surface area contributed by atoms with E-state index in [0.29, 0.717) is 12.3 Å². The van der Waals surface area contributed by atoms with Crippen LogP contribution in [0.5, 0.6) is 0 Å². The number of ether oxygens (including phenoxy) is 1. The molecule has 12 heavy (non-hydrogen) atoms. The lowest BCUT2D eigenvalue weighted by Crippen LogP contribution is -2.09. The second kappa shape index (κ2) is 6.00. The van der Waals surface area contributed by atoms with E-state index in [0.717, 1.165) is 12.8 Å². The first-order chi connectivity index (χ1) is 5.56. The third-order valence-corrected chi connectivity index (χ3v) is 1.82. The van der Waals surface area contributed by atoms with E-state index < -0.39 is 0 Å². The van der Waals surface area contributed by atoms with E-state index >= 15 is 0 Å². The molecule has 0 heterocycles. The molecule has 0 radical (unpaired) electrons. The number of hydrogen-bond acceptors (Lipinski definition) is 3. The lowest BCUT2D eigenvalue weighted by atomic mass is 10.0. The van der Waals surface area contributed by atoms with Gasteiger partial charge in [-0.1, -0.05) is 6.92 Å². The SMILES string of the molecule is COC(=O)CC(C)CCC(C)O. The zero-order chi connectivity index (χ0) is 9.56. The summed E-state index contributed by atoms with van der Waals surface area (Å²) in [5.41, 5.74) is 0. The van der Waals surface area contributed by atoms with E-state index in [9.17, 15) is 4.79 Å². The molecule has 0 aliphatic carbocycles. The van der Waals surface area contributed by atoms with Gasteiger partial charge in [0.1, 0.15) is 0 Å². The highest BCUT2D eigenvalue weighted by atomic mass is 16.5. The fourth-order valence-corrected chi connectivity index (χ4v) is 0.996. The maximum Gasteiger partial charge on any atom is 0.305 e. The van der Waals surface area contributed by atoms with E-state index in [4.69, 9.17) is 5.11 Å². The van der Waals surface area contributed by atoms with Crippen LogP contribution in [0.25, 0.3) is 0 Å². The molecule has 0 bridgehead atoms. The van der Waals surface area contributed by atoms with Gasteiger partial charge in [-0.3, -0.25) is 4.79 Å². The third kappa shape index (κ3) is 6.16. The Bertz CT molecular complexity index is 132. The smallest absolute Gasteiger partial charge is 0.305 e. The predicted octanol–water partition coefficient (Wildman–Crippen LogP) is 1.35. The molecule has 0 saturated carbocycles. The van der Waals surface area contributed by atoms with E-state index in [2.05, 4.69) is 4.74 Å². The van der Waals surface area contributed by atoms with Gasteiger partial charge in [-0.25, -0.2) is 0 Å². The molecule has 0 fully saturated rings. The fraction of sp³-hybridized carbons (Fsp3) is 0.889. The quantitative estimate of drug-likeness (QED) is 0.640. The van der Waals surface area contributed by atoms with E-state index in [1.807, 2.05) is 6.92 Å². The number of carbonyl (C=O) groups excluding carboxylic acids is 1. The first-order valence-corrected chi connectivity index (χ1v) is 4.31. The Morgan fingerprint density at radius 1 is 1.42 bits per heavy atom. The predicted molar refractivity (Wildman–Crippen MR) is 46.7 cm³/mol. The van der Waals surface area contributed by atoms with Crippen LogP contribution < -0.4 is 0 Å². The van der Waals surface area contributed by atoms with Crippen LogP contribution in [0.3, 0.4) is 0 Å². The van der Waals surface area contributed by atoms with Crippen molar-refractivity contribution in [3.63, 3.8) is 0 Å². The number of methoxy groups -OCH3 is 1. The van der Waals surface area contributed by atoms with Crippen LogP contribution in [-0.4, -0.2) is 24.3 Å². The highest BCUT2D eigenvalue weighted by Gasteiger charge is 2.09. The third-order valence-electron chi connectivity index (χ3n) is 1.82. The van der Waals surface area contributed by atoms with Crippen molar-refractivity contribution in [2.45, 2.75) is 39.2 Å². The van der Waals surface area contributed by atoms with Crippen LogP contribution in [0, 0.1) is 5.92 Å². The Labute approximate surface area is 73.7 Å². The molecule has 0 rings (SSSR count). The molecule has 2 atom stereocenters. The van der Waals surface area contributed by atoms with Gasteiger partial charge in [0, 0.05) is 6.42 Å². The summed E-state index contributed by atoms with van der Waals surface area (Å²) in [4.78, 5) is 10.8. The second-order valence-electron chi connectivity index (χ2n) is 3.31. The highest BCUT2D eigenvalue weighted by molar-refractivity contribution is 5.69. The zero-order valence-electron chi connectivity index (χ0n) is 8.04. The summed E-state index contributed by atoms with van der Waals surface area (Å²) >= 11 is 0. The van der Waals surface area contributed by atoms with Crippen LogP contribution in [0.4, 0.5) is 0 Å². The lowest BCUT2D eigenvalue weighted by molar-refractivity contribution is -0.141. The van der Waals surface area contributed by atoms with Gasteiger partial charge in [0.05, 0.1) is 13.2 Å². The molecule has 2 unspecified atom stereocenters. The molecule has 1 N–H and O–H groups in total. The number of aliphatic hydroxyl groups excluding tert-OH is 1. The van der Waals surface area contributed by atoms with E-state index in [1.54, 1.807) is 6.92 Å². The Morgan fingerprint density at radius 3 is 2.42 bits per heavy atom. The summed E-state index contributed by atoms with van der Waals surface area (Å²) in [7, 11) is 1.39. The van der Waals surface area contributed by atoms with Crippen molar-refractivity contribution in [1.29, 1.82) is 0 Å². The van der Waals surface area contributed by atoms with Crippen LogP contribution in [0.1, 0.15) is 33.1 Å². The van der Waals surface area contributed by atoms with E-state index in [1.165, 1.54) is 7.11 Å². The van der Waals surface area contributed by atoms with Gasteiger partial charge >= 0.3 is 5.97 Å². The number of aliphatic hydroxyl groups is 1. The maximum absolute atomic E-state index is 10.8. The second-order valence-corrected chi connectivity index (χ2v) is 3.31. The van der Waals surface area contributed by atoms with Crippen LogP contribution in [0.15, 0.2) is 0 Å². The van der Waals surface area contributed by atoms with E-state index in [-0.39, 0.29) is 12.1 Å². The Hall–Kier alpha value is -0.570. The molecule has 0 saturated heterocycles. The van der Waals surface area contributed by atoms with Gasteiger partial charge in [0.15, 0.2) is 0 Å². The summed E-state index contributed by atoms with van der Waals surface area (Å²) in [5, 5.41) is 8.98. The first kappa shape index (κ1) is 11.4. The van der Waals surface area contributed by atoms with Crippen molar-refractivity contribution in [3.8, 4) is 0 Å². The van der Waals surface area contributed by atoms with Crippen molar-refractivity contribution in [2.24, 2.45) is 5.92 Å². The van der Waals surface area contributed by atoms with Gasteiger partial charge < -0.3 is 9.84 Å². The summed E-state index contributed by atoms with van der Waals surface area (Å²) in [6.07, 6.45) is 1.79. The zero-order valence-corrected chi connectivity index (χ0v) is 8.04. The molecule has 72 valence electrons. The minimum atomic E-state index is -0.273. The van der Waals surface area contributed by atoms with Crippen LogP contribution in [0.2, 0.25) is 0 Å². The van der Waals surface area contributed by atoms with Gasteiger partial charge in [-0.05, 0) is 25.7 Å². The normalized spacial score (nSPS) is 15.3. The minimum Gasteiger partial charge on any atom is -0.469 e. The standard InChI is InChI=1S/C9H18O3/c1-7(4-5-8(2)10)6-9(11)12-3/h7-8,10H,4-6H2,1-3H3. The van der Waals surface area contributed by atoms with Crippen LogP contribution >= 0.6 is 0 Å². The summed E-state index contributed by atoms with van der Waals surface area (Å²) in [5.74, 6) is 0.125. The van der Waals surface area contributed by atoms with Crippen molar-refractivity contribution < 1.29 is 14.6 Å². The van der Waals surface area contributed by atoms with Crippen molar-refractivity contribution >= 4 is 5.97 Å². The molecule has 0 aromatic rings. The summed E-state index contributed by atoms with van der Waals surface area (Å²) < 4.78 is 4.53. The average molecular weight is 174 g/mol. The molecule has 3 nitrogen and oxygen atoms in total. The van der Waals surface area contributed by atoms with Crippen molar-refractivity contribution in [1.82, 2.24) is 0 Å². The summed E-state index contributed by atoms with van der Waals surface area (Å²) in [6.45, 7) is 3.74. The number of rotatable bonds is 5. The average Bonchev–Trinajstić information content (AvgIpc) is 2.00.